The fourth-order valence-corrected chi connectivity index (χ4v) is 1.72. The molecule has 3 N–H and O–H groups in total. The van der Waals surface area contributed by atoms with E-state index in [1.807, 2.05) is 13.8 Å². The van der Waals surface area contributed by atoms with E-state index >= 15 is 0 Å². The molecule has 1 aliphatic rings. The van der Waals surface area contributed by atoms with Crippen molar-refractivity contribution < 1.29 is 0 Å². The van der Waals surface area contributed by atoms with Crippen LogP contribution in [0.4, 0.5) is 5.82 Å². The Morgan fingerprint density at radius 1 is 1.65 bits per heavy atom. The van der Waals surface area contributed by atoms with Gasteiger partial charge >= 0.3 is 0 Å². The summed E-state index contributed by atoms with van der Waals surface area (Å²) < 4.78 is 1.77. The van der Waals surface area contributed by atoms with E-state index in [0.717, 1.165) is 19.3 Å². The smallest absolute Gasteiger partial charge is 0.293 e. The van der Waals surface area contributed by atoms with Gasteiger partial charge in [-0.3, -0.25) is 4.79 Å². The van der Waals surface area contributed by atoms with Crippen LogP contribution in [-0.4, -0.2) is 21.6 Å². The van der Waals surface area contributed by atoms with Crippen molar-refractivity contribution in [2.45, 2.75) is 44.7 Å². The molecule has 0 spiro atoms. The lowest BCUT2D eigenvalue weighted by Gasteiger charge is -2.28. The Bertz CT molecular complexity index is 446. The third kappa shape index (κ3) is 2.49. The first-order chi connectivity index (χ1) is 8.09. The average molecular weight is 236 g/mol. The van der Waals surface area contributed by atoms with Crippen molar-refractivity contribution in [3.05, 3.63) is 22.7 Å². The topological polar surface area (TPSA) is 72.9 Å². The molecule has 1 aromatic rings. The Hall–Kier alpha value is -1.36. The fraction of sp³-hybridized carbons (Fsp3) is 0.667. The lowest BCUT2D eigenvalue weighted by Crippen LogP contribution is -2.44. The molecule has 2 rings (SSSR count). The molecule has 1 unspecified atom stereocenters. The second kappa shape index (κ2) is 4.49. The minimum Gasteiger partial charge on any atom is -0.359 e. The minimum absolute atomic E-state index is 0.0388. The van der Waals surface area contributed by atoms with Gasteiger partial charge in [-0.1, -0.05) is 6.92 Å². The van der Waals surface area contributed by atoms with Gasteiger partial charge < -0.3 is 15.6 Å². The van der Waals surface area contributed by atoms with Gasteiger partial charge in [-0.25, -0.2) is 4.98 Å². The summed E-state index contributed by atoms with van der Waals surface area (Å²) in [6.45, 7) is 4.52. The van der Waals surface area contributed by atoms with Crippen molar-refractivity contribution >= 4 is 5.82 Å². The van der Waals surface area contributed by atoms with Crippen molar-refractivity contribution in [1.29, 1.82) is 0 Å². The highest BCUT2D eigenvalue weighted by atomic mass is 16.1. The van der Waals surface area contributed by atoms with Crippen LogP contribution in [-0.2, 0) is 0 Å². The first-order valence-electron chi connectivity index (χ1n) is 6.15. The number of hydrogen-bond acceptors (Lipinski definition) is 4. The fourth-order valence-electron chi connectivity index (χ4n) is 1.72. The maximum atomic E-state index is 12.2. The van der Waals surface area contributed by atoms with Crippen molar-refractivity contribution in [1.82, 2.24) is 9.55 Å². The Morgan fingerprint density at radius 3 is 2.88 bits per heavy atom. The Kier molecular flexibility index (Phi) is 3.19. The number of nitrogens with one attached hydrogen (secondary N) is 1. The first-order valence-corrected chi connectivity index (χ1v) is 6.15. The van der Waals surface area contributed by atoms with Crippen LogP contribution in [0, 0.1) is 0 Å². The molecule has 0 saturated heterocycles. The van der Waals surface area contributed by atoms with Crippen LogP contribution in [0.3, 0.4) is 0 Å². The molecule has 0 aromatic carbocycles. The Labute approximate surface area is 101 Å². The van der Waals surface area contributed by atoms with E-state index in [0.29, 0.717) is 18.4 Å². The number of hydrogen-bond donors (Lipinski definition) is 2. The number of aromatic nitrogens is 2. The molecule has 0 aliphatic heterocycles. The summed E-state index contributed by atoms with van der Waals surface area (Å²) in [5, 5.41) is 3.18. The highest BCUT2D eigenvalue weighted by molar-refractivity contribution is 5.35. The molecule has 1 atom stereocenters. The highest BCUT2D eigenvalue weighted by Gasteiger charge is 2.27. The van der Waals surface area contributed by atoms with Crippen LogP contribution in [0.5, 0.6) is 0 Å². The van der Waals surface area contributed by atoms with Crippen molar-refractivity contribution in [2.75, 3.05) is 11.9 Å². The molecule has 0 bridgehead atoms. The average Bonchev–Trinajstić information content (AvgIpc) is 3.16. The molecule has 5 heteroatoms. The van der Waals surface area contributed by atoms with Gasteiger partial charge in [0.25, 0.3) is 5.56 Å². The van der Waals surface area contributed by atoms with Crippen LogP contribution >= 0.6 is 0 Å². The van der Waals surface area contributed by atoms with Crippen LogP contribution < -0.4 is 16.6 Å². The quantitative estimate of drug-likeness (QED) is 0.803. The summed E-state index contributed by atoms with van der Waals surface area (Å²) in [7, 11) is 0. The molecule has 5 nitrogen and oxygen atoms in total. The van der Waals surface area contributed by atoms with Gasteiger partial charge in [0.15, 0.2) is 5.82 Å². The maximum Gasteiger partial charge on any atom is 0.293 e. The second-order valence-corrected chi connectivity index (χ2v) is 4.96. The van der Waals surface area contributed by atoms with Gasteiger partial charge in [0.1, 0.15) is 0 Å². The molecule has 0 amide bonds. The zero-order chi connectivity index (χ0) is 12.5. The molecule has 1 fully saturated rings. The molecular weight excluding hydrogens is 216 g/mol. The normalized spacial score (nSPS) is 18.8. The number of nitrogens with two attached hydrogens (primary N) is 1. The predicted octanol–water partition coefficient (Wildman–Crippen LogP) is 1.12. The lowest BCUT2D eigenvalue weighted by atomic mass is 9.99. The number of anilines is 1. The largest absolute Gasteiger partial charge is 0.359 e. The molecule has 0 radical (unpaired) electrons. The monoisotopic (exact) mass is 236 g/mol. The summed E-state index contributed by atoms with van der Waals surface area (Å²) in [5.74, 6) is 0.411. The van der Waals surface area contributed by atoms with Crippen LogP contribution in [0.2, 0.25) is 0 Å². The molecule has 1 heterocycles. The minimum atomic E-state index is -0.269. The second-order valence-electron chi connectivity index (χ2n) is 4.96. The third-order valence-electron chi connectivity index (χ3n) is 3.46. The summed E-state index contributed by atoms with van der Waals surface area (Å²) in [5.41, 5.74) is 5.42. The zero-order valence-electron chi connectivity index (χ0n) is 10.4. The first kappa shape index (κ1) is 12.1. The van der Waals surface area contributed by atoms with E-state index in [4.69, 9.17) is 5.73 Å². The molecule has 1 saturated carbocycles. The standard InChI is InChI=1S/C12H20N4O/c1-3-12(2,8-13)15-10-11(17)16(7-6-14-10)9-4-5-9/h6-7,9H,3-5,8,13H2,1-2H3,(H,14,15). The van der Waals surface area contributed by atoms with Crippen molar-refractivity contribution in [2.24, 2.45) is 5.73 Å². The molecule has 17 heavy (non-hydrogen) atoms. The van der Waals surface area contributed by atoms with Crippen molar-refractivity contribution in [3.8, 4) is 0 Å². The third-order valence-corrected chi connectivity index (χ3v) is 3.46. The molecule has 1 aromatic heterocycles. The Balaban J connectivity index is 2.27. The molecular formula is C12H20N4O. The number of rotatable bonds is 5. The van der Waals surface area contributed by atoms with E-state index in [9.17, 15) is 4.79 Å². The van der Waals surface area contributed by atoms with Gasteiger partial charge in [-0.15, -0.1) is 0 Å². The van der Waals surface area contributed by atoms with Gasteiger partial charge in [0, 0.05) is 30.5 Å². The molecule has 94 valence electrons. The van der Waals surface area contributed by atoms with Crippen LogP contribution in [0.25, 0.3) is 0 Å². The van der Waals surface area contributed by atoms with E-state index in [-0.39, 0.29) is 11.1 Å². The highest BCUT2D eigenvalue weighted by Crippen LogP contribution is 2.33. The maximum absolute atomic E-state index is 12.2. The zero-order valence-corrected chi connectivity index (χ0v) is 10.4. The van der Waals surface area contributed by atoms with Crippen LogP contribution in [0.1, 0.15) is 39.2 Å². The lowest BCUT2D eigenvalue weighted by molar-refractivity contribution is 0.502. The van der Waals surface area contributed by atoms with Crippen molar-refractivity contribution in [3.63, 3.8) is 0 Å². The predicted molar refractivity (Wildman–Crippen MR) is 68.1 cm³/mol. The Morgan fingerprint density at radius 2 is 2.35 bits per heavy atom. The van der Waals surface area contributed by atoms with Gasteiger partial charge in [-0.2, -0.15) is 0 Å². The van der Waals surface area contributed by atoms with Gasteiger partial charge in [0.05, 0.1) is 0 Å². The summed E-state index contributed by atoms with van der Waals surface area (Å²) in [6, 6.07) is 0.372. The van der Waals surface area contributed by atoms with E-state index in [1.165, 1.54) is 0 Å². The number of nitrogens with zero attached hydrogens (tertiary/aromatic N) is 2. The molecule has 1 aliphatic carbocycles. The summed E-state index contributed by atoms with van der Waals surface area (Å²) >= 11 is 0. The van der Waals surface area contributed by atoms with Gasteiger partial charge in [0.2, 0.25) is 0 Å². The summed E-state index contributed by atoms with van der Waals surface area (Å²) in [6.07, 6.45) is 6.46. The SMILES string of the molecule is CCC(C)(CN)Nc1nccn(C2CC2)c1=O. The van der Waals surface area contributed by atoms with E-state index < -0.39 is 0 Å². The summed E-state index contributed by atoms with van der Waals surface area (Å²) in [4.78, 5) is 16.3. The van der Waals surface area contributed by atoms with Crippen LogP contribution in [0.15, 0.2) is 17.2 Å². The van der Waals surface area contributed by atoms with E-state index in [1.54, 1.807) is 17.0 Å². The van der Waals surface area contributed by atoms with E-state index in [2.05, 4.69) is 10.3 Å². The van der Waals surface area contributed by atoms with Gasteiger partial charge in [-0.05, 0) is 26.2 Å².